The molecule has 0 atom stereocenters. The quantitative estimate of drug-likeness (QED) is 0.713. The summed E-state index contributed by atoms with van der Waals surface area (Å²) in [6.45, 7) is 0.746. The zero-order valence-electron chi connectivity index (χ0n) is 11.1. The van der Waals surface area contributed by atoms with Crippen molar-refractivity contribution in [3.8, 4) is 0 Å². The van der Waals surface area contributed by atoms with Gasteiger partial charge in [0.15, 0.2) is 0 Å². The third-order valence-corrected chi connectivity index (χ3v) is 3.61. The first-order valence-corrected chi connectivity index (χ1v) is 6.62. The number of rotatable bonds is 7. The molecule has 0 unspecified atom stereocenters. The van der Waals surface area contributed by atoms with E-state index in [0.29, 0.717) is 13.0 Å². The zero-order valence-corrected chi connectivity index (χ0v) is 11.1. The minimum Gasteiger partial charge on any atom is -0.396 e. The van der Waals surface area contributed by atoms with Crippen LogP contribution in [0.25, 0.3) is 0 Å². The van der Waals surface area contributed by atoms with Gasteiger partial charge in [-0.1, -0.05) is 6.07 Å². The van der Waals surface area contributed by atoms with E-state index in [0.717, 1.165) is 25.0 Å². The molecule has 20 heavy (non-hydrogen) atoms. The van der Waals surface area contributed by atoms with Gasteiger partial charge < -0.3 is 15.7 Å². The largest absolute Gasteiger partial charge is 0.396 e. The molecule has 2 rings (SSSR count). The van der Waals surface area contributed by atoms with Crippen LogP contribution in [0.2, 0.25) is 0 Å². The molecule has 0 aromatic heterocycles. The van der Waals surface area contributed by atoms with Crippen LogP contribution in [0, 0.1) is 17.0 Å². The molecular formula is C14H18F2N2O2. The second kappa shape index (κ2) is 6.28. The number of hydrogen-bond donors (Lipinski definition) is 3. The predicted molar refractivity (Wildman–Crippen MR) is 71.2 cm³/mol. The topological polar surface area (TPSA) is 61.4 Å². The highest BCUT2D eigenvalue weighted by Crippen LogP contribution is 2.47. The van der Waals surface area contributed by atoms with Gasteiger partial charge in [-0.3, -0.25) is 4.79 Å². The van der Waals surface area contributed by atoms with Crippen molar-refractivity contribution in [1.82, 2.24) is 5.32 Å². The monoisotopic (exact) mass is 284 g/mol. The van der Waals surface area contributed by atoms with E-state index in [4.69, 9.17) is 5.11 Å². The first kappa shape index (κ1) is 14.9. The van der Waals surface area contributed by atoms with Crippen LogP contribution in [-0.4, -0.2) is 30.7 Å². The summed E-state index contributed by atoms with van der Waals surface area (Å²) in [4.78, 5) is 11.6. The normalized spacial score (nSPS) is 15.9. The molecule has 1 fully saturated rings. The highest BCUT2D eigenvalue weighted by atomic mass is 19.1. The number of carbonyl (C=O) groups excluding carboxylic acids is 1. The van der Waals surface area contributed by atoms with Gasteiger partial charge in [0.05, 0.1) is 6.54 Å². The fourth-order valence-corrected chi connectivity index (χ4v) is 2.17. The van der Waals surface area contributed by atoms with E-state index in [-0.39, 0.29) is 18.6 Å². The van der Waals surface area contributed by atoms with Gasteiger partial charge in [-0.15, -0.1) is 0 Å². The Morgan fingerprint density at radius 2 is 1.95 bits per heavy atom. The smallest absolute Gasteiger partial charge is 0.238 e. The molecule has 1 aliphatic rings. The Bertz CT molecular complexity index is 470. The van der Waals surface area contributed by atoms with Crippen LogP contribution in [0.5, 0.6) is 0 Å². The number of nitrogens with one attached hydrogen (secondary N) is 2. The molecule has 1 aromatic carbocycles. The molecule has 1 aliphatic carbocycles. The summed E-state index contributed by atoms with van der Waals surface area (Å²) in [6, 6.07) is 3.42. The Labute approximate surface area is 116 Å². The van der Waals surface area contributed by atoms with Crippen molar-refractivity contribution in [2.75, 3.05) is 25.0 Å². The third kappa shape index (κ3) is 3.74. The van der Waals surface area contributed by atoms with Gasteiger partial charge in [-0.25, -0.2) is 8.78 Å². The second-order valence-corrected chi connectivity index (χ2v) is 5.22. The van der Waals surface area contributed by atoms with E-state index in [1.807, 2.05) is 0 Å². The van der Waals surface area contributed by atoms with Crippen LogP contribution in [0.3, 0.4) is 0 Å². The van der Waals surface area contributed by atoms with Gasteiger partial charge in [-0.2, -0.15) is 0 Å². The first-order valence-electron chi connectivity index (χ1n) is 6.62. The molecule has 6 heteroatoms. The van der Waals surface area contributed by atoms with E-state index in [2.05, 4.69) is 10.6 Å². The second-order valence-electron chi connectivity index (χ2n) is 5.22. The number of benzene rings is 1. The number of amides is 1. The number of anilines is 1. The van der Waals surface area contributed by atoms with Crippen LogP contribution < -0.4 is 10.6 Å². The van der Waals surface area contributed by atoms with Crippen molar-refractivity contribution in [3.05, 3.63) is 29.8 Å². The van der Waals surface area contributed by atoms with E-state index < -0.39 is 23.2 Å². The lowest BCUT2D eigenvalue weighted by Gasteiger charge is -2.14. The summed E-state index contributed by atoms with van der Waals surface area (Å²) >= 11 is 0. The molecule has 1 amide bonds. The Hall–Kier alpha value is -1.53. The van der Waals surface area contributed by atoms with Gasteiger partial charge in [0.1, 0.15) is 17.3 Å². The van der Waals surface area contributed by atoms with Crippen molar-refractivity contribution < 1.29 is 18.7 Å². The molecule has 0 aliphatic heterocycles. The predicted octanol–water partition coefficient (Wildman–Crippen LogP) is 1.66. The summed E-state index contributed by atoms with van der Waals surface area (Å²) in [7, 11) is 0. The maximum absolute atomic E-state index is 13.3. The molecule has 0 saturated heterocycles. The number of hydrogen-bond acceptors (Lipinski definition) is 3. The summed E-state index contributed by atoms with van der Waals surface area (Å²) < 4.78 is 26.7. The number of carbonyl (C=O) groups is 1. The molecule has 3 N–H and O–H groups in total. The van der Waals surface area contributed by atoms with E-state index in [1.54, 1.807) is 0 Å². The summed E-state index contributed by atoms with van der Waals surface area (Å²) in [5.41, 5.74) is -0.325. The van der Waals surface area contributed by atoms with Crippen LogP contribution in [-0.2, 0) is 4.79 Å². The lowest BCUT2D eigenvalue weighted by atomic mass is 10.0. The van der Waals surface area contributed by atoms with E-state index in [1.165, 1.54) is 6.07 Å². The molecule has 1 saturated carbocycles. The summed E-state index contributed by atoms with van der Waals surface area (Å²) in [5.74, 6) is -2.08. The van der Waals surface area contributed by atoms with Gasteiger partial charge in [0, 0.05) is 13.2 Å². The summed E-state index contributed by atoms with van der Waals surface area (Å²) in [6.07, 6.45) is 2.78. The maximum Gasteiger partial charge on any atom is 0.238 e. The number of para-hydroxylation sites is 1. The first-order chi connectivity index (χ1) is 9.56. The molecule has 0 heterocycles. The average Bonchev–Trinajstić information content (AvgIpc) is 3.14. The molecule has 4 nitrogen and oxygen atoms in total. The van der Waals surface area contributed by atoms with Crippen molar-refractivity contribution >= 4 is 11.6 Å². The molecule has 0 radical (unpaired) electrons. The van der Waals surface area contributed by atoms with Gasteiger partial charge in [0.2, 0.25) is 5.91 Å². The molecule has 0 bridgehead atoms. The lowest BCUT2D eigenvalue weighted by molar-refractivity contribution is -0.115. The highest BCUT2D eigenvalue weighted by Gasteiger charge is 2.41. The molecular weight excluding hydrogens is 266 g/mol. The minimum atomic E-state index is -0.794. The highest BCUT2D eigenvalue weighted by molar-refractivity contribution is 5.92. The fraction of sp³-hybridized carbons (Fsp3) is 0.500. The van der Waals surface area contributed by atoms with E-state index >= 15 is 0 Å². The number of halogens is 2. The molecule has 110 valence electrons. The Balaban J connectivity index is 1.78. The zero-order chi connectivity index (χ0) is 14.6. The van der Waals surface area contributed by atoms with Gasteiger partial charge >= 0.3 is 0 Å². The fourth-order valence-electron chi connectivity index (χ4n) is 2.17. The van der Waals surface area contributed by atoms with Crippen LogP contribution in [0.1, 0.15) is 19.3 Å². The standard InChI is InChI=1S/C14H18F2N2O2/c15-10-2-1-3-11(16)13(10)18-12(20)8-17-9-14(4-5-14)6-7-19/h1-3,17,19H,4-9H2,(H,18,20). The lowest BCUT2D eigenvalue weighted by Crippen LogP contribution is -2.33. The Morgan fingerprint density at radius 3 is 2.50 bits per heavy atom. The van der Waals surface area contributed by atoms with Crippen LogP contribution in [0.4, 0.5) is 14.5 Å². The van der Waals surface area contributed by atoms with Crippen molar-refractivity contribution in [2.24, 2.45) is 5.41 Å². The van der Waals surface area contributed by atoms with Gasteiger partial charge in [0.25, 0.3) is 0 Å². The Morgan fingerprint density at radius 1 is 1.30 bits per heavy atom. The van der Waals surface area contributed by atoms with E-state index in [9.17, 15) is 13.6 Å². The van der Waals surface area contributed by atoms with Crippen LogP contribution in [0.15, 0.2) is 18.2 Å². The SMILES string of the molecule is O=C(CNCC1(CCO)CC1)Nc1c(F)cccc1F. The molecule has 0 spiro atoms. The number of aliphatic hydroxyl groups excluding tert-OH is 1. The van der Waals surface area contributed by atoms with Crippen molar-refractivity contribution in [1.29, 1.82) is 0 Å². The Kier molecular flexibility index (Phi) is 4.67. The molecule has 1 aromatic rings. The maximum atomic E-state index is 13.3. The third-order valence-electron chi connectivity index (χ3n) is 3.61. The van der Waals surface area contributed by atoms with Crippen molar-refractivity contribution in [3.63, 3.8) is 0 Å². The van der Waals surface area contributed by atoms with Crippen molar-refractivity contribution in [2.45, 2.75) is 19.3 Å². The number of aliphatic hydroxyl groups is 1. The average molecular weight is 284 g/mol. The summed E-state index contributed by atoms with van der Waals surface area (Å²) in [5, 5.41) is 14.1. The minimum absolute atomic E-state index is 0.0129. The van der Waals surface area contributed by atoms with Crippen LogP contribution >= 0.6 is 0 Å². The van der Waals surface area contributed by atoms with Gasteiger partial charge in [-0.05, 0) is 36.8 Å².